The van der Waals surface area contributed by atoms with Gasteiger partial charge in [0, 0.05) is 29.2 Å². The van der Waals surface area contributed by atoms with Gasteiger partial charge in [-0.3, -0.25) is 14.5 Å². The quantitative estimate of drug-likeness (QED) is 0.650. The van der Waals surface area contributed by atoms with Crippen molar-refractivity contribution in [3.8, 4) is 0 Å². The SMILES string of the molecule is CCC(=O)Nc1cccc(C(=O)NCC(c2ccccc2Cl)N(CC)CC)c1. The third kappa shape index (κ3) is 5.81. The number of nitrogens with zero attached hydrogens (tertiary/aromatic N) is 1. The number of halogens is 1. The number of carbonyl (C=O) groups excluding carboxylic acids is 2. The number of anilines is 1. The van der Waals surface area contributed by atoms with E-state index < -0.39 is 0 Å². The van der Waals surface area contributed by atoms with Gasteiger partial charge in [-0.25, -0.2) is 0 Å². The van der Waals surface area contributed by atoms with Crippen LogP contribution in [0.4, 0.5) is 5.69 Å². The van der Waals surface area contributed by atoms with Gasteiger partial charge in [0.1, 0.15) is 0 Å². The fourth-order valence-corrected chi connectivity index (χ4v) is 3.39. The van der Waals surface area contributed by atoms with Crippen LogP contribution in [0.15, 0.2) is 48.5 Å². The van der Waals surface area contributed by atoms with Crippen LogP contribution in [0.1, 0.15) is 49.2 Å². The zero-order chi connectivity index (χ0) is 20.5. The van der Waals surface area contributed by atoms with Gasteiger partial charge in [-0.2, -0.15) is 0 Å². The van der Waals surface area contributed by atoms with Gasteiger partial charge in [0.05, 0.1) is 6.04 Å². The first-order valence-corrected chi connectivity index (χ1v) is 10.0. The van der Waals surface area contributed by atoms with E-state index in [2.05, 4.69) is 29.4 Å². The van der Waals surface area contributed by atoms with Crippen LogP contribution in [0, 0.1) is 0 Å². The van der Waals surface area contributed by atoms with Gasteiger partial charge >= 0.3 is 0 Å². The predicted molar refractivity (Wildman–Crippen MR) is 115 cm³/mol. The molecule has 0 radical (unpaired) electrons. The molecule has 2 aromatic rings. The van der Waals surface area contributed by atoms with Crippen LogP contribution in [0.5, 0.6) is 0 Å². The molecule has 0 saturated heterocycles. The summed E-state index contributed by atoms with van der Waals surface area (Å²) in [7, 11) is 0. The smallest absolute Gasteiger partial charge is 0.251 e. The molecule has 150 valence electrons. The Labute approximate surface area is 172 Å². The molecule has 2 rings (SSSR count). The molecule has 2 N–H and O–H groups in total. The van der Waals surface area contributed by atoms with Crippen molar-refractivity contribution < 1.29 is 9.59 Å². The van der Waals surface area contributed by atoms with Crippen molar-refractivity contribution in [2.75, 3.05) is 25.0 Å². The number of rotatable bonds is 9. The average molecular weight is 402 g/mol. The summed E-state index contributed by atoms with van der Waals surface area (Å²) in [5.41, 5.74) is 2.12. The largest absolute Gasteiger partial charge is 0.350 e. The first-order valence-electron chi connectivity index (χ1n) is 9.66. The zero-order valence-electron chi connectivity index (χ0n) is 16.7. The number of nitrogens with one attached hydrogen (secondary N) is 2. The van der Waals surface area contributed by atoms with Crippen LogP contribution in [-0.2, 0) is 4.79 Å². The molecule has 0 aromatic heterocycles. The van der Waals surface area contributed by atoms with Crippen molar-refractivity contribution in [3.63, 3.8) is 0 Å². The minimum Gasteiger partial charge on any atom is -0.350 e. The van der Waals surface area contributed by atoms with E-state index in [1.165, 1.54) is 0 Å². The van der Waals surface area contributed by atoms with Gasteiger partial charge in [-0.05, 0) is 42.9 Å². The fraction of sp³-hybridized carbons (Fsp3) is 0.364. The van der Waals surface area contributed by atoms with E-state index in [-0.39, 0.29) is 17.9 Å². The van der Waals surface area contributed by atoms with Crippen LogP contribution in [0.25, 0.3) is 0 Å². The molecule has 1 unspecified atom stereocenters. The molecule has 0 bridgehead atoms. The second-order valence-corrected chi connectivity index (χ2v) is 6.86. The van der Waals surface area contributed by atoms with E-state index in [1.54, 1.807) is 31.2 Å². The molecule has 28 heavy (non-hydrogen) atoms. The Morgan fingerprint density at radius 3 is 2.39 bits per heavy atom. The molecule has 2 aromatic carbocycles. The number of hydrogen-bond donors (Lipinski definition) is 2. The Kier molecular flexibility index (Phi) is 8.48. The van der Waals surface area contributed by atoms with Crippen LogP contribution in [-0.4, -0.2) is 36.3 Å². The number of likely N-dealkylation sites (N-methyl/N-ethyl adjacent to an activating group) is 1. The number of benzene rings is 2. The monoisotopic (exact) mass is 401 g/mol. The van der Waals surface area contributed by atoms with Crippen molar-refractivity contribution in [2.24, 2.45) is 0 Å². The summed E-state index contributed by atoms with van der Waals surface area (Å²) in [5, 5.41) is 6.49. The van der Waals surface area contributed by atoms with Crippen molar-refractivity contribution in [2.45, 2.75) is 33.2 Å². The summed E-state index contributed by atoms with van der Waals surface area (Å²) >= 11 is 6.41. The Bertz CT molecular complexity index is 806. The van der Waals surface area contributed by atoms with Gasteiger partial charge in [0.15, 0.2) is 0 Å². The van der Waals surface area contributed by atoms with E-state index in [1.807, 2.05) is 24.3 Å². The maximum atomic E-state index is 12.7. The maximum Gasteiger partial charge on any atom is 0.251 e. The first-order chi connectivity index (χ1) is 13.5. The Morgan fingerprint density at radius 1 is 1.04 bits per heavy atom. The molecule has 0 heterocycles. The maximum absolute atomic E-state index is 12.7. The summed E-state index contributed by atoms with van der Waals surface area (Å²) in [6.45, 7) is 8.11. The van der Waals surface area contributed by atoms with Gasteiger partial charge in [0.2, 0.25) is 5.91 Å². The average Bonchev–Trinajstić information content (AvgIpc) is 2.71. The Hall–Kier alpha value is -2.37. The van der Waals surface area contributed by atoms with E-state index in [9.17, 15) is 9.59 Å². The second kappa shape index (κ2) is 10.8. The lowest BCUT2D eigenvalue weighted by Crippen LogP contribution is -2.38. The van der Waals surface area contributed by atoms with Gasteiger partial charge in [-0.1, -0.05) is 56.6 Å². The van der Waals surface area contributed by atoms with Gasteiger partial charge in [-0.15, -0.1) is 0 Å². The van der Waals surface area contributed by atoms with Gasteiger partial charge < -0.3 is 10.6 Å². The number of amides is 2. The molecule has 0 saturated carbocycles. The highest BCUT2D eigenvalue weighted by atomic mass is 35.5. The standard InChI is InChI=1S/C22H28ClN3O2/c1-4-21(27)25-17-11-9-10-16(14-17)22(28)24-15-20(26(5-2)6-3)18-12-7-8-13-19(18)23/h7-14,20H,4-6,15H2,1-3H3,(H,24,28)(H,25,27). The number of hydrogen-bond acceptors (Lipinski definition) is 3. The first kappa shape index (κ1) is 21.9. The van der Waals surface area contributed by atoms with Gasteiger partial charge in [0.25, 0.3) is 5.91 Å². The minimum atomic E-state index is -0.184. The Balaban J connectivity index is 2.14. The summed E-state index contributed by atoms with van der Waals surface area (Å²) < 4.78 is 0. The molecule has 0 spiro atoms. The molecule has 5 nitrogen and oxygen atoms in total. The van der Waals surface area contributed by atoms with E-state index in [4.69, 9.17) is 11.6 Å². The van der Waals surface area contributed by atoms with Crippen LogP contribution >= 0.6 is 11.6 Å². The third-order valence-corrected chi connectivity index (χ3v) is 5.05. The normalized spacial score (nSPS) is 11.9. The summed E-state index contributed by atoms with van der Waals surface area (Å²) in [4.78, 5) is 26.5. The van der Waals surface area contributed by atoms with Crippen LogP contribution in [0.2, 0.25) is 5.02 Å². The highest BCUT2D eigenvalue weighted by Gasteiger charge is 2.21. The molecular formula is C22H28ClN3O2. The lowest BCUT2D eigenvalue weighted by atomic mass is 10.0. The molecule has 0 aliphatic rings. The van der Waals surface area contributed by atoms with E-state index in [0.717, 1.165) is 18.7 Å². The summed E-state index contributed by atoms with van der Waals surface area (Å²) in [6.07, 6.45) is 0.389. The van der Waals surface area contributed by atoms with Crippen molar-refractivity contribution in [1.82, 2.24) is 10.2 Å². The summed E-state index contributed by atoms with van der Waals surface area (Å²) in [6, 6.07) is 14.7. The summed E-state index contributed by atoms with van der Waals surface area (Å²) in [5.74, 6) is -0.269. The third-order valence-electron chi connectivity index (χ3n) is 4.70. The van der Waals surface area contributed by atoms with E-state index in [0.29, 0.717) is 29.2 Å². The van der Waals surface area contributed by atoms with Crippen molar-refractivity contribution >= 4 is 29.1 Å². The van der Waals surface area contributed by atoms with E-state index >= 15 is 0 Å². The highest BCUT2D eigenvalue weighted by molar-refractivity contribution is 6.31. The van der Waals surface area contributed by atoms with Crippen molar-refractivity contribution in [3.05, 3.63) is 64.7 Å². The minimum absolute atomic E-state index is 0.0179. The lowest BCUT2D eigenvalue weighted by molar-refractivity contribution is -0.115. The van der Waals surface area contributed by atoms with Crippen LogP contribution in [0.3, 0.4) is 0 Å². The molecule has 6 heteroatoms. The fourth-order valence-electron chi connectivity index (χ4n) is 3.12. The zero-order valence-corrected chi connectivity index (χ0v) is 17.4. The Morgan fingerprint density at radius 2 is 1.75 bits per heavy atom. The molecule has 0 aliphatic heterocycles. The van der Waals surface area contributed by atoms with Crippen molar-refractivity contribution in [1.29, 1.82) is 0 Å². The molecule has 0 fully saturated rings. The molecule has 1 atom stereocenters. The highest BCUT2D eigenvalue weighted by Crippen LogP contribution is 2.27. The molecular weight excluding hydrogens is 374 g/mol. The number of carbonyl (C=O) groups is 2. The molecule has 2 amide bonds. The lowest BCUT2D eigenvalue weighted by Gasteiger charge is -2.31. The topological polar surface area (TPSA) is 61.4 Å². The second-order valence-electron chi connectivity index (χ2n) is 6.45. The predicted octanol–water partition coefficient (Wildman–Crippen LogP) is 4.50. The van der Waals surface area contributed by atoms with Crippen LogP contribution < -0.4 is 10.6 Å². The molecule has 0 aliphatic carbocycles.